The van der Waals surface area contributed by atoms with E-state index in [1.165, 1.54) is 0 Å². The molecule has 0 bridgehead atoms. The van der Waals surface area contributed by atoms with Crippen molar-refractivity contribution < 1.29 is 14.3 Å². The average molecular weight is 328 g/mol. The van der Waals surface area contributed by atoms with Crippen LogP contribution in [0.2, 0.25) is 0 Å². The number of nitrogens with zero attached hydrogens (tertiary/aromatic N) is 2. The first kappa shape index (κ1) is 16.7. The Kier molecular flexibility index (Phi) is 4.73. The van der Waals surface area contributed by atoms with E-state index in [0.29, 0.717) is 25.4 Å². The molecule has 128 valence electrons. The van der Waals surface area contributed by atoms with E-state index in [2.05, 4.69) is 4.90 Å². The summed E-state index contributed by atoms with van der Waals surface area (Å²) >= 11 is 0. The quantitative estimate of drug-likeness (QED) is 0.937. The van der Waals surface area contributed by atoms with Gasteiger partial charge in [-0.25, -0.2) is 0 Å². The van der Waals surface area contributed by atoms with Gasteiger partial charge >= 0.3 is 0 Å². The van der Waals surface area contributed by atoms with E-state index in [1.54, 1.807) is 20.1 Å². The summed E-state index contributed by atoms with van der Waals surface area (Å²) in [5.41, 5.74) is 1.10. The molecule has 1 amide bonds. The van der Waals surface area contributed by atoms with Crippen LogP contribution in [0, 0.1) is 0 Å². The predicted octanol–water partition coefficient (Wildman–Crippen LogP) is 2.48. The van der Waals surface area contributed by atoms with Crippen LogP contribution in [0.15, 0.2) is 47.1 Å². The van der Waals surface area contributed by atoms with Crippen LogP contribution in [0.3, 0.4) is 0 Å². The summed E-state index contributed by atoms with van der Waals surface area (Å²) in [6.07, 6.45) is 1.57. The number of piperazine rings is 1. The third kappa shape index (κ3) is 3.86. The number of aliphatic hydroxyl groups is 1. The second-order valence-electron chi connectivity index (χ2n) is 6.91. The Hall–Kier alpha value is -2.11. The van der Waals surface area contributed by atoms with Crippen molar-refractivity contribution in [2.75, 3.05) is 32.7 Å². The van der Waals surface area contributed by atoms with Gasteiger partial charge < -0.3 is 14.4 Å². The molecule has 1 aromatic heterocycles. The zero-order valence-corrected chi connectivity index (χ0v) is 14.2. The molecule has 1 aromatic carbocycles. The fourth-order valence-corrected chi connectivity index (χ4v) is 3.12. The van der Waals surface area contributed by atoms with Gasteiger partial charge in [0, 0.05) is 38.3 Å². The number of carbonyl (C=O) groups excluding carboxylic acids is 1. The van der Waals surface area contributed by atoms with Gasteiger partial charge in [0.05, 0.1) is 11.9 Å². The molecule has 1 saturated heterocycles. The lowest BCUT2D eigenvalue weighted by molar-refractivity contribution is 0.0172. The summed E-state index contributed by atoms with van der Waals surface area (Å²) in [6, 6.07) is 11.6. The Morgan fingerprint density at radius 3 is 2.42 bits per heavy atom. The van der Waals surface area contributed by atoms with Crippen molar-refractivity contribution >= 4 is 5.91 Å². The maximum absolute atomic E-state index is 12.8. The van der Waals surface area contributed by atoms with Crippen LogP contribution in [-0.4, -0.2) is 59.1 Å². The molecule has 24 heavy (non-hydrogen) atoms. The van der Waals surface area contributed by atoms with Crippen molar-refractivity contribution in [2.24, 2.45) is 0 Å². The van der Waals surface area contributed by atoms with Gasteiger partial charge in [-0.2, -0.15) is 0 Å². The highest BCUT2D eigenvalue weighted by Gasteiger charge is 2.28. The van der Waals surface area contributed by atoms with Gasteiger partial charge in [0.1, 0.15) is 0 Å². The Balaban J connectivity index is 1.68. The normalized spacial score (nSPS) is 16.4. The van der Waals surface area contributed by atoms with E-state index in [4.69, 9.17) is 4.42 Å². The minimum Gasteiger partial charge on any atom is -0.459 e. The van der Waals surface area contributed by atoms with E-state index in [-0.39, 0.29) is 5.91 Å². The maximum Gasteiger partial charge on any atom is 0.290 e. The summed E-state index contributed by atoms with van der Waals surface area (Å²) in [5, 5.41) is 9.92. The SMILES string of the molecule is CC(C)(O)CN1CCN(C(=O)c2occc2-c2ccccc2)CC1. The third-order valence-corrected chi connectivity index (χ3v) is 4.21. The number of hydrogen-bond acceptors (Lipinski definition) is 4. The molecular weight excluding hydrogens is 304 g/mol. The number of furan rings is 1. The molecule has 2 aromatic rings. The van der Waals surface area contributed by atoms with E-state index >= 15 is 0 Å². The summed E-state index contributed by atoms with van der Waals surface area (Å²) in [4.78, 5) is 16.8. The first-order chi connectivity index (χ1) is 11.4. The molecule has 3 rings (SSSR count). The molecule has 0 saturated carbocycles. The molecule has 5 heteroatoms. The zero-order chi connectivity index (χ0) is 17.2. The lowest BCUT2D eigenvalue weighted by Gasteiger charge is -2.37. The highest BCUT2D eigenvalue weighted by Crippen LogP contribution is 2.26. The van der Waals surface area contributed by atoms with Crippen LogP contribution in [-0.2, 0) is 0 Å². The molecule has 1 aliphatic rings. The topological polar surface area (TPSA) is 56.9 Å². The highest BCUT2D eigenvalue weighted by atomic mass is 16.3. The Morgan fingerprint density at radius 1 is 1.12 bits per heavy atom. The molecular formula is C19H24N2O3. The minimum atomic E-state index is -0.715. The van der Waals surface area contributed by atoms with Gasteiger partial charge in [-0.3, -0.25) is 9.69 Å². The molecule has 0 radical (unpaired) electrons. The second-order valence-corrected chi connectivity index (χ2v) is 6.91. The number of hydrogen-bond donors (Lipinski definition) is 1. The Morgan fingerprint density at radius 2 is 1.79 bits per heavy atom. The number of β-amino-alcohol motifs (C(OH)–C–C–N with tert-alkyl or cyclic N) is 1. The Bertz CT molecular complexity index is 680. The molecule has 0 spiro atoms. The van der Waals surface area contributed by atoms with Crippen molar-refractivity contribution in [2.45, 2.75) is 19.4 Å². The molecule has 1 fully saturated rings. The monoisotopic (exact) mass is 328 g/mol. The van der Waals surface area contributed by atoms with Gasteiger partial charge in [-0.15, -0.1) is 0 Å². The van der Waals surface area contributed by atoms with E-state index < -0.39 is 5.60 Å². The number of benzene rings is 1. The van der Waals surface area contributed by atoms with Gasteiger partial charge in [0.15, 0.2) is 5.76 Å². The first-order valence-electron chi connectivity index (χ1n) is 8.31. The summed E-state index contributed by atoms with van der Waals surface area (Å²) in [7, 11) is 0. The van der Waals surface area contributed by atoms with E-state index in [1.807, 2.05) is 41.3 Å². The molecule has 0 atom stereocenters. The van der Waals surface area contributed by atoms with Gasteiger partial charge in [-0.1, -0.05) is 30.3 Å². The fraction of sp³-hybridized carbons (Fsp3) is 0.421. The van der Waals surface area contributed by atoms with Gasteiger partial charge in [0.25, 0.3) is 5.91 Å². The van der Waals surface area contributed by atoms with Crippen LogP contribution in [0.25, 0.3) is 11.1 Å². The highest BCUT2D eigenvalue weighted by molar-refractivity contribution is 5.98. The number of carbonyl (C=O) groups is 1. The van der Waals surface area contributed by atoms with Crippen LogP contribution in [0.1, 0.15) is 24.4 Å². The number of amides is 1. The van der Waals surface area contributed by atoms with Crippen molar-refractivity contribution in [1.82, 2.24) is 9.80 Å². The third-order valence-electron chi connectivity index (χ3n) is 4.21. The lowest BCUT2D eigenvalue weighted by atomic mass is 10.1. The molecule has 1 N–H and O–H groups in total. The van der Waals surface area contributed by atoms with Crippen molar-refractivity contribution in [3.8, 4) is 11.1 Å². The standard InChI is InChI=1S/C19H24N2O3/c1-19(2,23)14-20-9-11-21(12-10-20)18(22)17-16(8-13-24-17)15-6-4-3-5-7-15/h3-8,13,23H,9-12,14H2,1-2H3. The van der Waals surface area contributed by atoms with Crippen LogP contribution >= 0.6 is 0 Å². The zero-order valence-electron chi connectivity index (χ0n) is 14.2. The molecule has 2 heterocycles. The summed E-state index contributed by atoms with van der Waals surface area (Å²) in [5.74, 6) is 0.332. The summed E-state index contributed by atoms with van der Waals surface area (Å²) in [6.45, 7) is 7.03. The molecule has 1 aliphatic heterocycles. The van der Waals surface area contributed by atoms with Crippen LogP contribution in [0.5, 0.6) is 0 Å². The smallest absolute Gasteiger partial charge is 0.290 e. The summed E-state index contributed by atoms with van der Waals surface area (Å²) < 4.78 is 5.50. The largest absolute Gasteiger partial charge is 0.459 e. The molecule has 5 nitrogen and oxygen atoms in total. The Labute approximate surface area is 142 Å². The van der Waals surface area contributed by atoms with Crippen LogP contribution < -0.4 is 0 Å². The lowest BCUT2D eigenvalue weighted by Crippen LogP contribution is -2.52. The van der Waals surface area contributed by atoms with E-state index in [9.17, 15) is 9.90 Å². The predicted molar refractivity (Wildman–Crippen MR) is 92.8 cm³/mol. The number of rotatable bonds is 4. The fourth-order valence-electron chi connectivity index (χ4n) is 3.12. The minimum absolute atomic E-state index is 0.0678. The van der Waals surface area contributed by atoms with Crippen LogP contribution in [0.4, 0.5) is 0 Å². The van der Waals surface area contributed by atoms with Gasteiger partial charge in [0.2, 0.25) is 0 Å². The van der Waals surface area contributed by atoms with Crippen molar-refractivity contribution in [1.29, 1.82) is 0 Å². The van der Waals surface area contributed by atoms with Gasteiger partial charge in [-0.05, 0) is 25.5 Å². The molecule has 0 aliphatic carbocycles. The molecule has 0 unspecified atom stereocenters. The first-order valence-corrected chi connectivity index (χ1v) is 8.31. The second kappa shape index (κ2) is 6.79. The average Bonchev–Trinajstić information content (AvgIpc) is 3.04. The van der Waals surface area contributed by atoms with Crippen molar-refractivity contribution in [3.63, 3.8) is 0 Å². The van der Waals surface area contributed by atoms with Crippen molar-refractivity contribution in [3.05, 3.63) is 48.4 Å². The van der Waals surface area contributed by atoms with E-state index in [0.717, 1.165) is 24.2 Å². The maximum atomic E-state index is 12.8.